The van der Waals surface area contributed by atoms with Crippen LogP contribution in [0.4, 0.5) is 5.69 Å². The normalized spacial score (nSPS) is 16.5. The lowest BCUT2D eigenvalue weighted by Crippen LogP contribution is -2.28. The van der Waals surface area contributed by atoms with E-state index in [0.29, 0.717) is 13.0 Å². The molecule has 0 fully saturated rings. The molecule has 19 heavy (non-hydrogen) atoms. The third-order valence-corrected chi connectivity index (χ3v) is 3.28. The summed E-state index contributed by atoms with van der Waals surface area (Å²) in [6, 6.07) is 17.4. The minimum atomic E-state index is -0.263. The van der Waals surface area contributed by atoms with Crippen LogP contribution in [0.25, 0.3) is 0 Å². The quantitative estimate of drug-likeness (QED) is 0.855. The zero-order valence-corrected chi connectivity index (χ0v) is 10.5. The third-order valence-electron chi connectivity index (χ3n) is 3.28. The summed E-state index contributed by atoms with van der Waals surface area (Å²) < 4.78 is 5.34. The van der Waals surface area contributed by atoms with Gasteiger partial charge in [0.1, 0.15) is 12.6 Å². The molecule has 2 aromatic rings. The number of anilines is 1. The van der Waals surface area contributed by atoms with Crippen molar-refractivity contribution in [1.82, 2.24) is 0 Å². The van der Waals surface area contributed by atoms with Gasteiger partial charge in [-0.25, -0.2) is 4.79 Å². The van der Waals surface area contributed by atoms with Crippen LogP contribution in [-0.2, 0) is 22.6 Å². The van der Waals surface area contributed by atoms with Gasteiger partial charge in [0, 0.05) is 12.1 Å². The molecule has 3 nitrogen and oxygen atoms in total. The molecule has 0 saturated carbocycles. The Kier molecular flexibility index (Phi) is 3.19. The van der Waals surface area contributed by atoms with Crippen molar-refractivity contribution in [2.75, 3.05) is 5.32 Å². The van der Waals surface area contributed by atoms with Gasteiger partial charge < -0.3 is 10.1 Å². The third kappa shape index (κ3) is 2.60. The number of para-hydroxylation sites is 1. The lowest BCUT2D eigenvalue weighted by molar-refractivity contribution is -0.145. The molecule has 3 rings (SSSR count). The van der Waals surface area contributed by atoms with Gasteiger partial charge in [-0.15, -0.1) is 0 Å². The number of benzene rings is 2. The molecular formula is C16H15NO2. The van der Waals surface area contributed by atoms with E-state index in [0.717, 1.165) is 11.3 Å². The highest BCUT2D eigenvalue weighted by Gasteiger charge is 2.27. The molecule has 0 saturated heterocycles. The number of carbonyl (C=O) groups excluding carboxylic acids is 1. The fourth-order valence-electron chi connectivity index (χ4n) is 2.27. The maximum atomic E-state index is 12.0. The Morgan fingerprint density at radius 2 is 1.84 bits per heavy atom. The molecule has 0 radical (unpaired) electrons. The van der Waals surface area contributed by atoms with E-state index in [1.807, 2.05) is 54.6 Å². The first-order chi connectivity index (χ1) is 9.33. The zero-order valence-electron chi connectivity index (χ0n) is 10.5. The largest absolute Gasteiger partial charge is 0.459 e. The summed E-state index contributed by atoms with van der Waals surface area (Å²) in [7, 11) is 0. The van der Waals surface area contributed by atoms with Crippen molar-refractivity contribution in [2.45, 2.75) is 19.1 Å². The number of fused-ring (bicyclic) bond motifs is 1. The van der Waals surface area contributed by atoms with Crippen molar-refractivity contribution in [2.24, 2.45) is 0 Å². The number of carbonyl (C=O) groups is 1. The van der Waals surface area contributed by atoms with Gasteiger partial charge in [0.15, 0.2) is 0 Å². The number of rotatable bonds is 3. The molecular weight excluding hydrogens is 238 g/mol. The SMILES string of the molecule is O=C(OCc1ccccc1)C1Cc2ccccc2N1. The Balaban J connectivity index is 1.58. The number of hydrogen-bond acceptors (Lipinski definition) is 3. The van der Waals surface area contributed by atoms with Crippen LogP contribution in [0.2, 0.25) is 0 Å². The van der Waals surface area contributed by atoms with Gasteiger partial charge in [0.25, 0.3) is 0 Å². The Morgan fingerprint density at radius 1 is 1.11 bits per heavy atom. The van der Waals surface area contributed by atoms with Crippen LogP contribution in [0.3, 0.4) is 0 Å². The molecule has 2 aromatic carbocycles. The smallest absolute Gasteiger partial charge is 0.329 e. The van der Waals surface area contributed by atoms with E-state index in [4.69, 9.17) is 4.74 Å². The fraction of sp³-hybridized carbons (Fsp3) is 0.188. The van der Waals surface area contributed by atoms with Crippen LogP contribution in [0.1, 0.15) is 11.1 Å². The van der Waals surface area contributed by atoms with E-state index in [1.165, 1.54) is 5.56 Å². The van der Waals surface area contributed by atoms with Crippen LogP contribution in [-0.4, -0.2) is 12.0 Å². The van der Waals surface area contributed by atoms with Crippen LogP contribution in [0.15, 0.2) is 54.6 Å². The molecule has 0 amide bonds. The number of hydrogen-bond donors (Lipinski definition) is 1. The monoisotopic (exact) mass is 253 g/mol. The van der Waals surface area contributed by atoms with Gasteiger partial charge in [0.05, 0.1) is 0 Å². The Bertz CT molecular complexity index is 555. The lowest BCUT2D eigenvalue weighted by Gasteiger charge is -2.11. The summed E-state index contributed by atoms with van der Waals surface area (Å²) in [5, 5.41) is 3.20. The van der Waals surface area contributed by atoms with Crippen molar-refractivity contribution in [3.63, 3.8) is 0 Å². The average Bonchev–Trinajstić information content (AvgIpc) is 2.90. The average molecular weight is 253 g/mol. The standard InChI is InChI=1S/C16H15NO2/c18-16(19-11-12-6-2-1-3-7-12)15-10-13-8-4-5-9-14(13)17-15/h1-9,15,17H,10-11H2. The van der Waals surface area contributed by atoms with Crippen molar-refractivity contribution in [3.8, 4) is 0 Å². The van der Waals surface area contributed by atoms with Gasteiger partial charge in [-0.2, -0.15) is 0 Å². The summed E-state index contributed by atoms with van der Waals surface area (Å²) >= 11 is 0. The lowest BCUT2D eigenvalue weighted by atomic mass is 10.1. The summed E-state index contributed by atoms with van der Waals surface area (Å²) in [5.74, 6) is -0.194. The predicted octanol–water partition coefficient (Wildman–Crippen LogP) is 2.77. The number of ether oxygens (including phenoxy) is 1. The highest BCUT2D eigenvalue weighted by Crippen LogP contribution is 2.25. The van der Waals surface area contributed by atoms with Gasteiger partial charge in [0.2, 0.25) is 0 Å². The maximum absolute atomic E-state index is 12.0. The molecule has 0 aromatic heterocycles. The summed E-state index contributed by atoms with van der Waals surface area (Å²) in [6.45, 7) is 0.328. The summed E-state index contributed by atoms with van der Waals surface area (Å²) in [4.78, 5) is 12.0. The molecule has 1 aliphatic heterocycles. The molecule has 3 heteroatoms. The second-order valence-electron chi connectivity index (χ2n) is 4.65. The van der Waals surface area contributed by atoms with Crippen LogP contribution in [0, 0.1) is 0 Å². The molecule has 1 unspecified atom stereocenters. The van der Waals surface area contributed by atoms with Crippen molar-refractivity contribution in [3.05, 3.63) is 65.7 Å². The Hall–Kier alpha value is -2.29. The Morgan fingerprint density at radius 3 is 2.63 bits per heavy atom. The van der Waals surface area contributed by atoms with E-state index in [1.54, 1.807) is 0 Å². The molecule has 0 aliphatic carbocycles. The fourth-order valence-corrected chi connectivity index (χ4v) is 2.27. The topological polar surface area (TPSA) is 38.3 Å². The van der Waals surface area contributed by atoms with E-state index in [-0.39, 0.29) is 12.0 Å². The number of nitrogens with one attached hydrogen (secondary N) is 1. The van der Waals surface area contributed by atoms with Crippen LogP contribution < -0.4 is 5.32 Å². The van der Waals surface area contributed by atoms with E-state index < -0.39 is 0 Å². The first kappa shape index (κ1) is 11.8. The van der Waals surface area contributed by atoms with Gasteiger partial charge >= 0.3 is 5.97 Å². The summed E-state index contributed by atoms with van der Waals surface area (Å²) in [6.07, 6.45) is 0.698. The first-order valence-electron chi connectivity index (χ1n) is 6.38. The Labute approximate surface area is 112 Å². The van der Waals surface area contributed by atoms with E-state index >= 15 is 0 Å². The second kappa shape index (κ2) is 5.14. The highest BCUT2D eigenvalue weighted by atomic mass is 16.5. The molecule has 1 aliphatic rings. The predicted molar refractivity (Wildman–Crippen MR) is 73.8 cm³/mol. The van der Waals surface area contributed by atoms with Crippen molar-refractivity contribution >= 4 is 11.7 Å². The van der Waals surface area contributed by atoms with Crippen LogP contribution >= 0.6 is 0 Å². The molecule has 0 spiro atoms. The van der Waals surface area contributed by atoms with Gasteiger partial charge in [-0.05, 0) is 17.2 Å². The molecule has 1 atom stereocenters. The molecule has 1 N–H and O–H groups in total. The minimum Gasteiger partial charge on any atom is -0.459 e. The van der Waals surface area contributed by atoms with E-state index in [9.17, 15) is 4.79 Å². The second-order valence-corrected chi connectivity index (χ2v) is 4.65. The zero-order chi connectivity index (χ0) is 13.1. The molecule has 96 valence electrons. The van der Waals surface area contributed by atoms with Crippen molar-refractivity contribution in [1.29, 1.82) is 0 Å². The molecule has 0 bridgehead atoms. The van der Waals surface area contributed by atoms with Crippen molar-refractivity contribution < 1.29 is 9.53 Å². The maximum Gasteiger partial charge on any atom is 0.329 e. The van der Waals surface area contributed by atoms with Gasteiger partial charge in [-0.1, -0.05) is 48.5 Å². The number of esters is 1. The first-order valence-corrected chi connectivity index (χ1v) is 6.38. The van der Waals surface area contributed by atoms with Gasteiger partial charge in [-0.3, -0.25) is 0 Å². The van der Waals surface area contributed by atoms with Crippen LogP contribution in [0.5, 0.6) is 0 Å². The summed E-state index contributed by atoms with van der Waals surface area (Å²) in [5.41, 5.74) is 3.21. The minimum absolute atomic E-state index is 0.194. The molecule has 1 heterocycles. The highest BCUT2D eigenvalue weighted by molar-refractivity contribution is 5.82. The van der Waals surface area contributed by atoms with E-state index in [2.05, 4.69) is 5.32 Å².